The molecule has 1 aliphatic carbocycles. The van der Waals surface area contributed by atoms with Gasteiger partial charge in [0.15, 0.2) is 0 Å². The number of likely N-dealkylation sites (N-methyl/N-ethyl adjacent to an activating group) is 1. The highest BCUT2D eigenvalue weighted by Gasteiger charge is 2.47. The van der Waals surface area contributed by atoms with Gasteiger partial charge in [0, 0.05) is 12.6 Å². The van der Waals surface area contributed by atoms with Gasteiger partial charge in [-0.1, -0.05) is 36.8 Å². The molecule has 1 aromatic rings. The lowest BCUT2D eigenvalue weighted by Gasteiger charge is -2.43. The molecule has 0 bridgehead atoms. The molecule has 1 aliphatic rings. The van der Waals surface area contributed by atoms with Crippen LogP contribution in [0.3, 0.4) is 0 Å². The fourth-order valence-electron chi connectivity index (χ4n) is 3.08. The summed E-state index contributed by atoms with van der Waals surface area (Å²) in [6, 6.07) is 10.1. The summed E-state index contributed by atoms with van der Waals surface area (Å²) < 4.78 is 0. The number of nitrogens with zero attached hydrogens (tertiary/aromatic N) is 1. The molecule has 0 atom stereocenters. The minimum absolute atomic E-state index is 0.0892. The van der Waals surface area contributed by atoms with Crippen LogP contribution in [0, 0.1) is 0 Å². The van der Waals surface area contributed by atoms with Crippen LogP contribution in [0.2, 0.25) is 0 Å². The predicted molar refractivity (Wildman–Crippen MR) is 87.5 cm³/mol. The van der Waals surface area contributed by atoms with Crippen molar-refractivity contribution < 1.29 is 9.59 Å². The van der Waals surface area contributed by atoms with Crippen molar-refractivity contribution in [3.05, 3.63) is 35.9 Å². The predicted octanol–water partition coefficient (Wildman–Crippen LogP) is 2.48. The monoisotopic (exact) mass is 302 g/mol. The van der Waals surface area contributed by atoms with Crippen molar-refractivity contribution in [1.29, 1.82) is 0 Å². The number of hydrogen-bond donors (Lipinski definition) is 1. The van der Waals surface area contributed by atoms with Gasteiger partial charge in [0.2, 0.25) is 11.8 Å². The average molecular weight is 302 g/mol. The second-order valence-corrected chi connectivity index (χ2v) is 6.34. The first-order chi connectivity index (χ1) is 10.5. The quantitative estimate of drug-likeness (QED) is 0.877. The summed E-state index contributed by atoms with van der Waals surface area (Å²) in [7, 11) is 0. The average Bonchev–Trinajstić information content (AvgIpc) is 2.44. The molecule has 0 saturated heterocycles. The molecule has 0 aliphatic heterocycles. The van der Waals surface area contributed by atoms with Gasteiger partial charge in [0.1, 0.15) is 0 Å². The van der Waals surface area contributed by atoms with E-state index >= 15 is 0 Å². The molecule has 0 unspecified atom stereocenters. The van der Waals surface area contributed by atoms with Gasteiger partial charge in [-0.25, -0.2) is 0 Å². The molecule has 1 aromatic carbocycles. The Morgan fingerprint density at radius 2 is 1.86 bits per heavy atom. The first-order valence-electron chi connectivity index (χ1n) is 8.14. The van der Waals surface area contributed by atoms with Gasteiger partial charge < -0.3 is 10.2 Å². The highest BCUT2D eigenvalue weighted by molar-refractivity contribution is 5.92. The maximum Gasteiger partial charge on any atom is 0.239 e. The molecule has 0 heterocycles. The molecule has 2 amide bonds. The highest BCUT2D eigenvalue weighted by Crippen LogP contribution is 2.45. The minimum Gasteiger partial charge on any atom is -0.352 e. The summed E-state index contributed by atoms with van der Waals surface area (Å²) in [5.74, 6) is -0.000841. The van der Waals surface area contributed by atoms with E-state index in [9.17, 15) is 9.59 Å². The van der Waals surface area contributed by atoms with Crippen LogP contribution in [0.15, 0.2) is 30.3 Å². The fraction of sp³-hybridized carbons (Fsp3) is 0.556. The van der Waals surface area contributed by atoms with Crippen LogP contribution in [0.25, 0.3) is 0 Å². The van der Waals surface area contributed by atoms with Crippen LogP contribution < -0.4 is 5.32 Å². The maximum absolute atomic E-state index is 13.0. The largest absolute Gasteiger partial charge is 0.352 e. The lowest BCUT2D eigenvalue weighted by Crippen LogP contribution is -2.53. The van der Waals surface area contributed by atoms with Crippen molar-refractivity contribution in [2.75, 3.05) is 13.1 Å². The van der Waals surface area contributed by atoms with E-state index in [1.54, 1.807) is 4.90 Å². The molecule has 1 fully saturated rings. The van der Waals surface area contributed by atoms with E-state index in [2.05, 4.69) is 5.32 Å². The van der Waals surface area contributed by atoms with Gasteiger partial charge in [0.05, 0.1) is 12.0 Å². The van der Waals surface area contributed by atoms with Crippen molar-refractivity contribution in [2.24, 2.45) is 0 Å². The SMILES string of the molecule is CCN(CC(=O)NC(C)C)C(=O)C1(c2ccccc2)CCC1. The van der Waals surface area contributed by atoms with Crippen LogP contribution in [-0.4, -0.2) is 35.8 Å². The van der Waals surface area contributed by atoms with Crippen LogP contribution in [0.5, 0.6) is 0 Å². The smallest absolute Gasteiger partial charge is 0.239 e. The Kier molecular flexibility index (Phi) is 5.22. The van der Waals surface area contributed by atoms with E-state index in [0.717, 1.165) is 24.8 Å². The van der Waals surface area contributed by atoms with E-state index in [4.69, 9.17) is 0 Å². The van der Waals surface area contributed by atoms with Crippen molar-refractivity contribution in [2.45, 2.75) is 51.5 Å². The number of amides is 2. The topological polar surface area (TPSA) is 49.4 Å². The third kappa shape index (κ3) is 3.32. The zero-order valence-corrected chi connectivity index (χ0v) is 13.8. The fourth-order valence-corrected chi connectivity index (χ4v) is 3.08. The first-order valence-corrected chi connectivity index (χ1v) is 8.14. The Morgan fingerprint density at radius 3 is 2.32 bits per heavy atom. The van der Waals surface area contributed by atoms with Crippen LogP contribution in [-0.2, 0) is 15.0 Å². The molecule has 0 radical (unpaired) electrons. The molecule has 4 nitrogen and oxygen atoms in total. The summed E-state index contributed by atoms with van der Waals surface area (Å²) in [6.07, 6.45) is 2.81. The summed E-state index contributed by atoms with van der Waals surface area (Å²) >= 11 is 0. The number of nitrogens with one attached hydrogen (secondary N) is 1. The normalized spacial score (nSPS) is 16.0. The summed E-state index contributed by atoms with van der Waals surface area (Å²) in [5.41, 5.74) is 0.656. The van der Waals surface area contributed by atoms with E-state index in [-0.39, 0.29) is 24.4 Å². The van der Waals surface area contributed by atoms with Crippen molar-refractivity contribution in [3.63, 3.8) is 0 Å². The molecule has 2 rings (SSSR count). The van der Waals surface area contributed by atoms with Gasteiger partial charge in [-0.3, -0.25) is 9.59 Å². The maximum atomic E-state index is 13.0. The Labute approximate surface area is 132 Å². The highest BCUT2D eigenvalue weighted by atomic mass is 16.2. The number of carbonyl (C=O) groups is 2. The Balaban J connectivity index is 2.14. The third-order valence-electron chi connectivity index (χ3n) is 4.40. The second kappa shape index (κ2) is 6.95. The van der Waals surface area contributed by atoms with Crippen molar-refractivity contribution in [3.8, 4) is 0 Å². The summed E-state index contributed by atoms with van der Waals surface area (Å²) in [6.45, 7) is 6.47. The summed E-state index contributed by atoms with van der Waals surface area (Å²) in [4.78, 5) is 26.7. The molecular weight excluding hydrogens is 276 g/mol. The number of rotatable bonds is 6. The third-order valence-corrected chi connectivity index (χ3v) is 4.40. The number of hydrogen-bond acceptors (Lipinski definition) is 2. The molecule has 1 N–H and O–H groups in total. The van der Waals surface area contributed by atoms with Gasteiger partial charge in [-0.15, -0.1) is 0 Å². The molecular formula is C18H26N2O2. The Morgan fingerprint density at radius 1 is 1.23 bits per heavy atom. The van der Waals surface area contributed by atoms with Crippen LogP contribution >= 0.6 is 0 Å². The molecule has 0 aromatic heterocycles. The lowest BCUT2D eigenvalue weighted by atomic mass is 9.63. The van der Waals surface area contributed by atoms with Gasteiger partial charge in [-0.05, 0) is 39.2 Å². The molecule has 120 valence electrons. The van der Waals surface area contributed by atoms with Gasteiger partial charge in [-0.2, -0.15) is 0 Å². The van der Waals surface area contributed by atoms with Crippen LogP contribution in [0.4, 0.5) is 0 Å². The van der Waals surface area contributed by atoms with E-state index in [1.165, 1.54) is 0 Å². The van der Waals surface area contributed by atoms with Crippen molar-refractivity contribution in [1.82, 2.24) is 10.2 Å². The number of carbonyl (C=O) groups excluding carboxylic acids is 2. The minimum atomic E-state index is -0.421. The standard InChI is InChI=1S/C18H26N2O2/c1-4-20(13-16(21)19-14(2)3)17(22)18(11-8-12-18)15-9-6-5-7-10-15/h5-7,9-10,14H,4,8,11-13H2,1-3H3,(H,19,21). The Bertz CT molecular complexity index is 521. The molecule has 22 heavy (non-hydrogen) atoms. The van der Waals surface area contributed by atoms with E-state index in [1.807, 2.05) is 51.1 Å². The first kappa shape index (κ1) is 16.5. The second-order valence-electron chi connectivity index (χ2n) is 6.34. The summed E-state index contributed by atoms with van der Waals surface area (Å²) in [5, 5.41) is 2.86. The van der Waals surface area contributed by atoms with Gasteiger partial charge in [0.25, 0.3) is 0 Å². The van der Waals surface area contributed by atoms with E-state index < -0.39 is 5.41 Å². The zero-order chi connectivity index (χ0) is 16.2. The zero-order valence-electron chi connectivity index (χ0n) is 13.8. The Hall–Kier alpha value is -1.84. The van der Waals surface area contributed by atoms with E-state index in [0.29, 0.717) is 6.54 Å². The molecule has 4 heteroatoms. The van der Waals surface area contributed by atoms with Gasteiger partial charge >= 0.3 is 0 Å². The molecule has 1 saturated carbocycles. The van der Waals surface area contributed by atoms with Crippen molar-refractivity contribution >= 4 is 11.8 Å². The number of benzene rings is 1. The van der Waals surface area contributed by atoms with Crippen LogP contribution in [0.1, 0.15) is 45.6 Å². The molecule has 0 spiro atoms. The lowest BCUT2D eigenvalue weighted by molar-refractivity contribution is -0.143.